The molecule has 19 nitrogen and oxygen atoms in total. The average Bonchev–Trinajstić information content (AvgIpc) is 1.68. The monoisotopic (exact) mass is 1780 g/mol. The van der Waals surface area contributed by atoms with Crippen LogP contribution in [-0.2, 0) is 45.3 Å². The standard InChI is InChI=1S/C30H22Cl2N2O2.C26H30N4O3S.C24H19ClN2O2.C20H18Cl2N2O2/c31-25-15-11-23(12-16-25)27-28(24-13-17-26(32)18-14-24)33(19-21-7-3-1-4-8-21)30(36)34(29(27)35)20-22-9-5-2-6-10-22;1-17-4-7-19(8-5-17)21-14-23(32)29(16-20(31)15-28-12-10-27(3)11-13-28)26(33)30(21)24-18(2)6-9-22-25(24)34-22;25-21-13-11-20(12-14-21)22-15-23(28)27(17-19-9-5-2-6-10-19)24(29)26(22)16-18-7-3-1-4-8-18;1-20(2,14-6-10-16(22)11-7-14)24-18(25)12-17(23(3)19(24)26)13-4-8-15(21)9-5-13/h1-18H,19-20H2;4-9,14,20,31H,10-13,15-16H2,1-3H3;1-15H,16-17H2;4-12H,1-3H3. The van der Waals surface area contributed by atoms with Crippen molar-refractivity contribution < 1.29 is 5.11 Å². The van der Waals surface area contributed by atoms with Gasteiger partial charge in [-0.2, -0.15) is 0 Å². The average molecular weight is 1780 g/mol. The Morgan fingerprint density at radius 3 is 1.29 bits per heavy atom. The lowest BCUT2D eigenvalue weighted by molar-refractivity contribution is 0.0696. The number of nitrogens with zero attached hydrogens (tertiary/aromatic N) is 10. The number of hydrogen-bond acceptors (Lipinski definition) is 12. The highest BCUT2D eigenvalue weighted by Crippen LogP contribution is 2.53. The molecule has 11 aromatic carbocycles. The Balaban J connectivity index is 0.000000136. The molecule has 1 fully saturated rings. The van der Waals surface area contributed by atoms with Gasteiger partial charge in [0, 0.05) is 88.0 Å². The molecular weight excluding hydrogens is 1690 g/mol. The number of halogens is 5. The molecule has 0 bridgehead atoms. The minimum absolute atomic E-state index is 0.0284. The van der Waals surface area contributed by atoms with Crippen molar-refractivity contribution in [2.24, 2.45) is 7.05 Å². The molecule has 6 heterocycles. The summed E-state index contributed by atoms with van der Waals surface area (Å²) in [5, 5.41) is 13.7. The summed E-state index contributed by atoms with van der Waals surface area (Å²) < 4.78 is 11.5. The molecule has 17 rings (SSSR count). The minimum atomic E-state index is -0.824. The van der Waals surface area contributed by atoms with Crippen LogP contribution in [-0.4, -0.2) is 97.3 Å². The van der Waals surface area contributed by atoms with Crippen molar-refractivity contribution in [2.45, 2.75) is 81.9 Å². The summed E-state index contributed by atoms with van der Waals surface area (Å²) in [6.45, 7) is 12.8. The maximum atomic E-state index is 14.0. The van der Waals surface area contributed by atoms with Gasteiger partial charge in [0.15, 0.2) is 0 Å². The Labute approximate surface area is 750 Å². The van der Waals surface area contributed by atoms with Crippen molar-refractivity contribution >= 4 is 69.8 Å². The largest absolute Gasteiger partial charge is 0.390 e. The van der Waals surface area contributed by atoms with Crippen molar-refractivity contribution in [1.82, 2.24) is 46.3 Å². The van der Waals surface area contributed by atoms with Crippen LogP contribution in [0.25, 0.3) is 61.8 Å². The van der Waals surface area contributed by atoms with Gasteiger partial charge >= 0.3 is 22.8 Å². The second kappa shape index (κ2) is 39.8. The number of aliphatic hydroxyl groups is 1. The van der Waals surface area contributed by atoms with Crippen molar-refractivity contribution in [2.75, 3.05) is 39.8 Å². The van der Waals surface area contributed by atoms with E-state index < -0.39 is 22.9 Å². The lowest BCUT2D eigenvalue weighted by Crippen LogP contribution is -2.49. The van der Waals surface area contributed by atoms with Gasteiger partial charge in [0.05, 0.1) is 83.3 Å². The Morgan fingerprint density at radius 2 is 0.784 bits per heavy atom. The van der Waals surface area contributed by atoms with Crippen LogP contribution in [0.1, 0.15) is 52.8 Å². The highest BCUT2D eigenvalue weighted by atomic mass is 35.5. The van der Waals surface area contributed by atoms with Crippen LogP contribution in [0.2, 0.25) is 25.1 Å². The second-order valence-electron chi connectivity index (χ2n) is 31.3. The highest BCUT2D eigenvalue weighted by Gasteiger charge is 2.32. The lowest BCUT2D eigenvalue weighted by Gasteiger charge is -2.33. The van der Waals surface area contributed by atoms with E-state index in [0.29, 0.717) is 78.7 Å². The predicted molar refractivity (Wildman–Crippen MR) is 505 cm³/mol. The van der Waals surface area contributed by atoms with E-state index in [4.69, 9.17) is 58.0 Å². The van der Waals surface area contributed by atoms with Gasteiger partial charge in [-0.1, -0.05) is 288 Å². The lowest BCUT2D eigenvalue weighted by atomic mass is 9.94. The van der Waals surface area contributed by atoms with E-state index in [-0.39, 0.29) is 53.4 Å². The number of fused-ring (bicyclic) bond motifs is 1. The van der Waals surface area contributed by atoms with E-state index in [1.54, 1.807) is 105 Å². The third-order valence-corrected chi connectivity index (χ3v) is 24.3. The van der Waals surface area contributed by atoms with Crippen LogP contribution in [0.4, 0.5) is 0 Å². The molecule has 0 saturated carbocycles. The van der Waals surface area contributed by atoms with E-state index in [9.17, 15) is 43.5 Å². The SMILES string of the molecule is Cc1ccc(-c2cc(=O)n(CC(O)CN3CCN(C)CC3)c(=O)n2-c2c(C)ccc3c2S3)cc1.Cn1c(-c2ccc(Cl)cc2)cc(=O)n(C(C)(C)c2ccc(Cl)cc2)c1=O.O=c1c(-c2ccc(Cl)cc2)c(-c2ccc(Cl)cc2)n(Cc2ccccc2)c(=O)n1Cc1ccccc1.O=c1cc(-c2ccc(Cl)cc2)n(Cc2ccccc2)c(=O)n1Cc1ccccc1. The van der Waals surface area contributed by atoms with Gasteiger partial charge in [-0.25, -0.2) is 19.2 Å². The summed E-state index contributed by atoms with van der Waals surface area (Å²) in [6, 6.07) is 90.5. The number of likely N-dealkylation sites (N-methyl/N-ethyl adjacent to an activating group) is 1. The quantitative estimate of drug-likeness (QED) is 0.0708. The maximum Gasteiger partial charge on any atom is 0.336 e. The van der Waals surface area contributed by atoms with Crippen LogP contribution in [0.3, 0.4) is 0 Å². The van der Waals surface area contributed by atoms with Crippen LogP contribution in [0, 0.1) is 13.8 Å². The molecule has 1 atom stereocenters. The molecule has 0 radical (unpaired) electrons. The molecule has 1 unspecified atom stereocenters. The predicted octanol–water partition coefficient (Wildman–Crippen LogP) is 17.8. The first-order valence-electron chi connectivity index (χ1n) is 40.5. The summed E-state index contributed by atoms with van der Waals surface area (Å²) in [4.78, 5) is 114. The zero-order valence-electron chi connectivity index (χ0n) is 69.4. The van der Waals surface area contributed by atoms with Crippen LogP contribution >= 0.6 is 69.8 Å². The minimum Gasteiger partial charge on any atom is -0.390 e. The first kappa shape index (κ1) is 89.1. The Bertz CT molecular complexity index is 6900. The van der Waals surface area contributed by atoms with Crippen molar-refractivity contribution in [3.63, 3.8) is 0 Å². The van der Waals surface area contributed by atoms with Gasteiger partial charge in [-0.3, -0.25) is 60.6 Å². The summed E-state index contributed by atoms with van der Waals surface area (Å²) in [6.07, 6.45) is -0.807. The summed E-state index contributed by atoms with van der Waals surface area (Å²) >= 11 is 31.9. The first-order chi connectivity index (χ1) is 60.1. The molecule has 2 aliphatic rings. The topological polar surface area (TPSA) is 203 Å². The summed E-state index contributed by atoms with van der Waals surface area (Å²) in [7, 11) is 3.74. The van der Waals surface area contributed by atoms with Crippen LogP contribution in [0.5, 0.6) is 0 Å². The molecule has 634 valence electrons. The fourth-order valence-corrected chi connectivity index (χ4v) is 16.7. The zero-order valence-corrected chi connectivity index (χ0v) is 74.0. The third kappa shape index (κ3) is 21.1. The molecule has 1 saturated heterocycles. The Kier molecular flexibility index (Phi) is 28.4. The number of aromatic nitrogens is 8. The van der Waals surface area contributed by atoms with Crippen LogP contribution in [0.15, 0.2) is 345 Å². The first-order valence-corrected chi connectivity index (χ1v) is 43.2. The molecular formula is C100H89Cl5N10O9S. The third-order valence-electron chi connectivity index (χ3n) is 22.1. The number of β-amino-alcohol motifs (C(OH)–C–C–N with tert-alkyl or cyclic N) is 1. The van der Waals surface area contributed by atoms with E-state index in [1.165, 1.54) is 41.0 Å². The second-order valence-corrected chi connectivity index (χ2v) is 34.5. The smallest absolute Gasteiger partial charge is 0.336 e. The summed E-state index contributed by atoms with van der Waals surface area (Å²) in [5.74, 6) is 0. The molecule has 125 heavy (non-hydrogen) atoms. The number of hydrogen-bond donors (Lipinski definition) is 1. The van der Waals surface area contributed by atoms with Gasteiger partial charge in [0.1, 0.15) is 0 Å². The molecule has 0 aliphatic carbocycles. The number of piperazine rings is 1. The zero-order chi connectivity index (χ0) is 88.3. The number of aliphatic hydroxyl groups excluding tert-OH is 1. The van der Waals surface area contributed by atoms with Crippen molar-refractivity contribution in [3.05, 3.63) is 445 Å². The van der Waals surface area contributed by atoms with Gasteiger partial charge in [0.2, 0.25) is 0 Å². The molecule has 2 aliphatic heterocycles. The highest BCUT2D eigenvalue weighted by molar-refractivity contribution is 8.05. The Morgan fingerprint density at radius 1 is 0.384 bits per heavy atom. The normalized spacial score (nSPS) is 12.7. The van der Waals surface area contributed by atoms with E-state index in [2.05, 4.69) is 22.9 Å². The molecule has 1 N–H and O–H groups in total. The fraction of sp³-hybridized carbons (Fsp3) is 0.180. The number of aryl methyl sites for hydroxylation is 2. The number of benzene rings is 11. The van der Waals surface area contributed by atoms with E-state index >= 15 is 0 Å². The summed E-state index contributed by atoms with van der Waals surface area (Å²) in [5.41, 5.74) is 10.0. The van der Waals surface area contributed by atoms with Crippen LogP contribution < -0.4 is 45.0 Å². The molecule has 15 aromatic rings. The van der Waals surface area contributed by atoms with Gasteiger partial charge in [0.25, 0.3) is 22.2 Å². The molecule has 25 heteroatoms. The van der Waals surface area contributed by atoms with E-state index in [0.717, 1.165) is 103 Å². The van der Waals surface area contributed by atoms with Gasteiger partial charge in [-0.05, 0) is 163 Å². The molecule has 0 spiro atoms. The maximum absolute atomic E-state index is 14.0. The van der Waals surface area contributed by atoms with Crippen molar-refractivity contribution in [1.29, 1.82) is 0 Å². The molecule has 4 aromatic heterocycles. The molecule has 0 amide bonds. The van der Waals surface area contributed by atoms with Gasteiger partial charge < -0.3 is 10.0 Å². The number of rotatable bonds is 20. The van der Waals surface area contributed by atoms with Crippen molar-refractivity contribution in [3.8, 4) is 61.8 Å². The Hall–Kier alpha value is -12.2. The fourth-order valence-electron chi connectivity index (χ4n) is 15.2. The van der Waals surface area contributed by atoms with Gasteiger partial charge in [-0.15, -0.1) is 0 Å². The van der Waals surface area contributed by atoms with E-state index in [1.807, 2.05) is 228 Å².